The van der Waals surface area contributed by atoms with E-state index >= 15 is 0 Å². The summed E-state index contributed by atoms with van der Waals surface area (Å²) in [5.41, 5.74) is 5.92. The third-order valence-electron chi connectivity index (χ3n) is 5.20. The minimum atomic E-state index is -0.325. The third kappa shape index (κ3) is 3.50. The molecule has 0 aromatic heterocycles. The van der Waals surface area contributed by atoms with Crippen LogP contribution >= 0.6 is 0 Å². The van der Waals surface area contributed by atoms with Crippen LogP contribution in [0.15, 0.2) is 0 Å². The van der Waals surface area contributed by atoms with Gasteiger partial charge in [-0.25, -0.2) is 0 Å². The molecule has 0 atom stereocenters. The summed E-state index contributed by atoms with van der Waals surface area (Å²) in [5, 5.41) is 0. The quantitative estimate of drug-likeness (QED) is 0.852. The van der Waals surface area contributed by atoms with Crippen molar-refractivity contribution in [3.05, 3.63) is 0 Å². The molecule has 0 aromatic rings. The van der Waals surface area contributed by atoms with Crippen LogP contribution in [0, 0.1) is 16.7 Å². The van der Waals surface area contributed by atoms with Crippen LogP contribution in [0.1, 0.15) is 60.3 Å². The Hall–Kier alpha value is -0.570. The Morgan fingerprint density at radius 1 is 1.16 bits per heavy atom. The summed E-state index contributed by atoms with van der Waals surface area (Å²) in [5.74, 6) is 1.01. The maximum absolute atomic E-state index is 12.7. The molecule has 1 rings (SSSR count). The topological polar surface area (TPSA) is 46.3 Å². The molecule has 0 radical (unpaired) electrons. The van der Waals surface area contributed by atoms with Crippen molar-refractivity contribution in [2.45, 2.75) is 60.3 Å². The van der Waals surface area contributed by atoms with Gasteiger partial charge in [0.1, 0.15) is 0 Å². The Bertz CT molecular complexity index is 286. The first-order valence-corrected chi connectivity index (χ1v) is 7.80. The number of rotatable bonds is 4. The van der Waals surface area contributed by atoms with Crippen LogP contribution in [0.4, 0.5) is 0 Å². The first-order chi connectivity index (χ1) is 8.80. The maximum Gasteiger partial charge on any atom is 0.230 e. The van der Waals surface area contributed by atoms with Crippen molar-refractivity contribution in [3.63, 3.8) is 0 Å². The second kappa shape index (κ2) is 6.25. The number of hydrogen-bond acceptors (Lipinski definition) is 2. The Balaban J connectivity index is 2.67. The molecular formula is C16H32N2O. The Morgan fingerprint density at radius 3 is 1.95 bits per heavy atom. The molecule has 1 aliphatic heterocycles. The Morgan fingerprint density at radius 2 is 1.63 bits per heavy atom. The van der Waals surface area contributed by atoms with Crippen molar-refractivity contribution >= 4 is 5.91 Å². The molecule has 1 amide bonds. The van der Waals surface area contributed by atoms with Gasteiger partial charge in [-0.3, -0.25) is 4.79 Å². The average Bonchev–Trinajstić information content (AvgIpc) is 2.40. The number of nitrogens with zero attached hydrogens (tertiary/aromatic N) is 1. The standard InChI is InChI=1S/C16H32N2O/c1-6-16(7-2,12-17)14(19)18-10-8-13(9-11-18)15(3,4)5/h13H,6-12,17H2,1-5H3. The summed E-state index contributed by atoms with van der Waals surface area (Å²) in [7, 11) is 0. The van der Waals surface area contributed by atoms with Gasteiger partial charge >= 0.3 is 0 Å². The van der Waals surface area contributed by atoms with Gasteiger partial charge in [-0.15, -0.1) is 0 Å². The number of amides is 1. The summed E-state index contributed by atoms with van der Waals surface area (Å²) < 4.78 is 0. The number of nitrogens with two attached hydrogens (primary N) is 1. The molecule has 1 fully saturated rings. The van der Waals surface area contributed by atoms with Gasteiger partial charge < -0.3 is 10.6 Å². The molecule has 0 spiro atoms. The van der Waals surface area contributed by atoms with E-state index in [4.69, 9.17) is 5.73 Å². The number of carbonyl (C=O) groups is 1. The third-order valence-corrected chi connectivity index (χ3v) is 5.20. The largest absolute Gasteiger partial charge is 0.342 e. The van der Waals surface area contributed by atoms with E-state index in [-0.39, 0.29) is 11.3 Å². The monoisotopic (exact) mass is 268 g/mol. The zero-order valence-electron chi connectivity index (χ0n) is 13.5. The van der Waals surface area contributed by atoms with Crippen molar-refractivity contribution in [3.8, 4) is 0 Å². The van der Waals surface area contributed by atoms with E-state index in [1.807, 2.05) is 0 Å². The van der Waals surface area contributed by atoms with Crippen molar-refractivity contribution < 1.29 is 4.79 Å². The SMILES string of the molecule is CCC(CC)(CN)C(=O)N1CCC(C(C)(C)C)CC1. The molecule has 0 bridgehead atoms. The Labute approximate surface area is 118 Å². The molecule has 0 unspecified atom stereocenters. The van der Waals surface area contributed by atoms with Gasteiger partial charge in [-0.1, -0.05) is 34.6 Å². The lowest BCUT2D eigenvalue weighted by Crippen LogP contribution is -2.50. The van der Waals surface area contributed by atoms with E-state index in [1.54, 1.807) is 0 Å². The molecule has 1 saturated heterocycles. The summed E-state index contributed by atoms with van der Waals surface area (Å²) in [6.07, 6.45) is 3.95. The first-order valence-electron chi connectivity index (χ1n) is 7.80. The van der Waals surface area contributed by atoms with Crippen molar-refractivity contribution in [2.24, 2.45) is 22.5 Å². The molecule has 0 saturated carbocycles. The highest BCUT2D eigenvalue weighted by Gasteiger charge is 2.39. The lowest BCUT2D eigenvalue weighted by atomic mass is 9.74. The lowest BCUT2D eigenvalue weighted by Gasteiger charge is -2.42. The van der Waals surface area contributed by atoms with Crippen LogP contribution in [-0.4, -0.2) is 30.4 Å². The number of likely N-dealkylation sites (tertiary alicyclic amines) is 1. The van der Waals surface area contributed by atoms with Gasteiger partial charge in [-0.05, 0) is 37.0 Å². The van der Waals surface area contributed by atoms with Gasteiger partial charge in [0.05, 0.1) is 5.41 Å². The summed E-state index contributed by atoms with van der Waals surface area (Å²) >= 11 is 0. The van der Waals surface area contributed by atoms with Gasteiger partial charge in [0, 0.05) is 19.6 Å². The lowest BCUT2D eigenvalue weighted by molar-refractivity contribution is -0.144. The fourth-order valence-electron chi connectivity index (χ4n) is 3.21. The van der Waals surface area contributed by atoms with E-state index in [0.29, 0.717) is 12.0 Å². The number of carbonyl (C=O) groups excluding carboxylic acids is 1. The molecule has 1 aliphatic rings. The maximum atomic E-state index is 12.7. The molecular weight excluding hydrogens is 236 g/mol. The second-order valence-corrected chi connectivity index (χ2v) is 7.12. The zero-order valence-corrected chi connectivity index (χ0v) is 13.5. The summed E-state index contributed by atoms with van der Waals surface area (Å²) in [4.78, 5) is 14.8. The van der Waals surface area contributed by atoms with Crippen LogP contribution in [0.3, 0.4) is 0 Å². The first kappa shape index (κ1) is 16.5. The van der Waals surface area contributed by atoms with Crippen LogP contribution in [0.5, 0.6) is 0 Å². The van der Waals surface area contributed by atoms with E-state index in [1.165, 1.54) is 0 Å². The molecule has 3 heteroatoms. The fraction of sp³-hybridized carbons (Fsp3) is 0.938. The van der Waals surface area contributed by atoms with E-state index in [0.717, 1.165) is 44.7 Å². The zero-order chi connectivity index (χ0) is 14.7. The number of piperidine rings is 1. The van der Waals surface area contributed by atoms with Gasteiger partial charge in [0.15, 0.2) is 0 Å². The average molecular weight is 268 g/mol. The molecule has 1 heterocycles. The normalized spacial score (nSPS) is 18.7. The highest BCUT2D eigenvalue weighted by molar-refractivity contribution is 5.83. The van der Waals surface area contributed by atoms with Crippen LogP contribution < -0.4 is 5.73 Å². The minimum absolute atomic E-state index is 0.285. The van der Waals surface area contributed by atoms with Crippen molar-refractivity contribution in [1.29, 1.82) is 0 Å². The summed E-state index contributed by atoms with van der Waals surface area (Å²) in [6.45, 7) is 13.3. The number of hydrogen-bond donors (Lipinski definition) is 1. The van der Waals surface area contributed by atoms with Gasteiger partial charge in [-0.2, -0.15) is 0 Å². The predicted molar refractivity (Wildman–Crippen MR) is 80.8 cm³/mol. The molecule has 112 valence electrons. The van der Waals surface area contributed by atoms with Crippen molar-refractivity contribution in [2.75, 3.05) is 19.6 Å². The minimum Gasteiger partial charge on any atom is -0.342 e. The summed E-state index contributed by atoms with van der Waals surface area (Å²) in [6, 6.07) is 0. The fourth-order valence-corrected chi connectivity index (χ4v) is 3.21. The van der Waals surface area contributed by atoms with Crippen LogP contribution in [0.25, 0.3) is 0 Å². The second-order valence-electron chi connectivity index (χ2n) is 7.12. The molecule has 0 aliphatic carbocycles. The highest BCUT2D eigenvalue weighted by Crippen LogP contribution is 2.36. The van der Waals surface area contributed by atoms with E-state index < -0.39 is 0 Å². The highest BCUT2D eigenvalue weighted by atomic mass is 16.2. The predicted octanol–water partition coefficient (Wildman–Crippen LogP) is 3.04. The molecule has 19 heavy (non-hydrogen) atoms. The van der Waals surface area contributed by atoms with Gasteiger partial charge in [0.25, 0.3) is 0 Å². The van der Waals surface area contributed by atoms with Crippen molar-refractivity contribution in [1.82, 2.24) is 4.90 Å². The van der Waals surface area contributed by atoms with E-state index in [2.05, 4.69) is 39.5 Å². The molecule has 3 nitrogen and oxygen atoms in total. The smallest absolute Gasteiger partial charge is 0.230 e. The molecule has 2 N–H and O–H groups in total. The van der Waals surface area contributed by atoms with E-state index in [9.17, 15) is 4.79 Å². The van der Waals surface area contributed by atoms with Crippen LogP contribution in [0.2, 0.25) is 0 Å². The molecule has 0 aromatic carbocycles. The Kier molecular flexibility index (Phi) is 5.43. The van der Waals surface area contributed by atoms with Gasteiger partial charge in [0.2, 0.25) is 5.91 Å². The van der Waals surface area contributed by atoms with Crippen LogP contribution in [-0.2, 0) is 4.79 Å².